The van der Waals surface area contributed by atoms with Gasteiger partial charge in [-0.3, -0.25) is 9.36 Å². The summed E-state index contributed by atoms with van der Waals surface area (Å²) in [5.74, 6) is 0.213. The van der Waals surface area contributed by atoms with Crippen LogP contribution in [0.1, 0.15) is 32.5 Å². The predicted molar refractivity (Wildman–Crippen MR) is 104 cm³/mol. The monoisotopic (exact) mass is 412 g/mol. The minimum absolute atomic E-state index is 0.168. The van der Waals surface area contributed by atoms with Crippen LogP contribution in [0.4, 0.5) is 4.39 Å². The second-order valence-electron chi connectivity index (χ2n) is 5.96. The second kappa shape index (κ2) is 9.99. The van der Waals surface area contributed by atoms with E-state index in [0.717, 1.165) is 39.0 Å². The van der Waals surface area contributed by atoms with Gasteiger partial charge in [-0.25, -0.2) is 9.37 Å². The van der Waals surface area contributed by atoms with Gasteiger partial charge in [0, 0.05) is 43.6 Å². The molecule has 7 heteroatoms. The molecular formula is C18H26BrFN4O. The Kier molecular flexibility index (Phi) is 7.99. The number of hydrogen-bond acceptors (Lipinski definition) is 4. The molecule has 2 N–H and O–H groups in total. The summed E-state index contributed by atoms with van der Waals surface area (Å²) >= 11 is 3.21. The largest absolute Gasteiger partial charge is 0.314 e. The third-order valence-corrected chi connectivity index (χ3v) is 4.54. The third kappa shape index (κ3) is 5.33. The first-order valence-electron chi connectivity index (χ1n) is 8.88. The second-order valence-corrected chi connectivity index (χ2v) is 6.88. The van der Waals surface area contributed by atoms with E-state index in [1.807, 2.05) is 6.92 Å². The van der Waals surface area contributed by atoms with E-state index >= 15 is 0 Å². The van der Waals surface area contributed by atoms with Crippen LogP contribution in [0.15, 0.2) is 21.4 Å². The number of aromatic nitrogens is 2. The van der Waals surface area contributed by atoms with Crippen LogP contribution in [-0.2, 0) is 13.0 Å². The lowest BCUT2D eigenvalue weighted by Gasteiger charge is -2.12. The maximum Gasteiger partial charge on any atom is 0.261 e. The van der Waals surface area contributed by atoms with Crippen LogP contribution in [0.2, 0.25) is 0 Å². The topological polar surface area (TPSA) is 59.0 Å². The average Bonchev–Trinajstić information content (AvgIpc) is 2.63. The lowest BCUT2D eigenvalue weighted by molar-refractivity contribution is 0.534. The van der Waals surface area contributed by atoms with Crippen molar-refractivity contribution in [3.63, 3.8) is 0 Å². The standard InChI is InChI=1S/C14H16BrFN2O.C4H10N2/c1-3-5-6-12-17-13-10(14(19)18(12)4-2)7-9(15)8-11(13)16;1-2-6-4-3-5-1/h7-8H,3-6H2,1-2H3;5-6H,1-4H2. The van der Waals surface area contributed by atoms with E-state index in [1.165, 1.54) is 6.07 Å². The first-order chi connectivity index (χ1) is 12.1. The fourth-order valence-electron chi connectivity index (χ4n) is 2.75. The Morgan fingerprint density at radius 2 is 1.84 bits per heavy atom. The highest BCUT2D eigenvalue weighted by molar-refractivity contribution is 9.10. The molecule has 0 bridgehead atoms. The van der Waals surface area contributed by atoms with Crippen LogP contribution in [0, 0.1) is 5.82 Å². The van der Waals surface area contributed by atoms with Crippen molar-refractivity contribution in [2.24, 2.45) is 0 Å². The molecule has 138 valence electrons. The fraction of sp³-hybridized carbons (Fsp3) is 0.556. The Labute approximate surface area is 156 Å². The predicted octanol–water partition coefficient (Wildman–Crippen LogP) is 2.84. The van der Waals surface area contributed by atoms with E-state index in [4.69, 9.17) is 0 Å². The molecule has 1 fully saturated rings. The molecule has 2 heterocycles. The van der Waals surface area contributed by atoms with Crippen LogP contribution in [-0.4, -0.2) is 35.7 Å². The van der Waals surface area contributed by atoms with Crippen LogP contribution < -0.4 is 16.2 Å². The Bertz CT molecular complexity index is 747. The molecule has 1 aromatic heterocycles. The van der Waals surface area contributed by atoms with Gasteiger partial charge >= 0.3 is 0 Å². The minimum atomic E-state index is -0.456. The van der Waals surface area contributed by atoms with Gasteiger partial charge in [0.25, 0.3) is 5.56 Å². The van der Waals surface area contributed by atoms with Gasteiger partial charge in [-0.1, -0.05) is 29.3 Å². The first kappa shape index (κ1) is 20.0. The summed E-state index contributed by atoms with van der Waals surface area (Å²) in [5.41, 5.74) is 0.00260. The third-order valence-electron chi connectivity index (χ3n) is 4.08. The van der Waals surface area contributed by atoms with Crippen molar-refractivity contribution >= 4 is 26.8 Å². The number of halogens is 2. The van der Waals surface area contributed by atoms with Gasteiger partial charge < -0.3 is 10.6 Å². The van der Waals surface area contributed by atoms with Gasteiger partial charge in [0.05, 0.1) is 5.39 Å². The summed E-state index contributed by atoms with van der Waals surface area (Å²) in [6.45, 7) is 9.08. The Hall–Kier alpha value is -1.31. The Morgan fingerprint density at radius 3 is 2.36 bits per heavy atom. The quantitative estimate of drug-likeness (QED) is 0.810. The van der Waals surface area contributed by atoms with Gasteiger partial charge in [-0.05, 0) is 25.5 Å². The molecule has 0 aliphatic carbocycles. The smallest absolute Gasteiger partial charge is 0.261 e. The van der Waals surface area contributed by atoms with Gasteiger partial charge in [0.15, 0.2) is 5.82 Å². The van der Waals surface area contributed by atoms with Crippen LogP contribution in [0.5, 0.6) is 0 Å². The van der Waals surface area contributed by atoms with E-state index in [2.05, 4.69) is 38.5 Å². The van der Waals surface area contributed by atoms with Crippen LogP contribution >= 0.6 is 15.9 Å². The van der Waals surface area contributed by atoms with Gasteiger partial charge in [-0.2, -0.15) is 0 Å². The summed E-state index contributed by atoms with van der Waals surface area (Å²) < 4.78 is 16.1. The Balaban J connectivity index is 0.000000316. The maximum absolute atomic E-state index is 13.9. The molecule has 0 radical (unpaired) electrons. The van der Waals surface area contributed by atoms with Crippen molar-refractivity contribution in [1.29, 1.82) is 0 Å². The fourth-order valence-corrected chi connectivity index (χ4v) is 3.18. The van der Waals surface area contributed by atoms with Crippen molar-refractivity contribution in [1.82, 2.24) is 20.2 Å². The van der Waals surface area contributed by atoms with Crippen LogP contribution in [0.25, 0.3) is 10.9 Å². The van der Waals surface area contributed by atoms with E-state index in [-0.39, 0.29) is 11.1 Å². The molecule has 25 heavy (non-hydrogen) atoms. The summed E-state index contributed by atoms with van der Waals surface area (Å²) in [5, 5.41) is 6.77. The number of piperazine rings is 1. The van der Waals surface area contributed by atoms with E-state index in [1.54, 1.807) is 10.6 Å². The lowest BCUT2D eigenvalue weighted by Crippen LogP contribution is -2.39. The number of aryl methyl sites for hydroxylation is 1. The lowest BCUT2D eigenvalue weighted by atomic mass is 10.2. The van der Waals surface area contributed by atoms with Crippen molar-refractivity contribution in [3.05, 3.63) is 38.6 Å². The molecule has 0 amide bonds. The molecule has 0 saturated carbocycles. The molecule has 1 aromatic carbocycles. The van der Waals surface area contributed by atoms with Crippen molar-refractivity contribution in [3.8, 4) is 0 Å². The molecule has 0 atom stereocenters. The zero-order chi connectivity index (χ0) is 18.2. The van der Waals surface area contributed by atoms with Gasteiger partial charge in [0.1, 0.15) is 11.3 Å². The molecule has 0 spiro atoms. The maximum atomic E-state index is 13.9. The number of nitrogens with one attached hydrogen (secondary N) is 2. The minimum Gasteiger partial charge on any atom is -0.314 e. The molecule has 3 rings (SSSR count). The number of benzene rings is 1. The zero-order valence-corrected chi connectivity index (χ0v) is 16.5. The number of nitrogens with zero attached hydrogens (tertiary/aromatic N) is 2. The Morgan fingerprint density at radius 1 is 1.20 bits per heavy atom. The number of fused-ring (bicyclic) bond motifs is 1. The first-order valence-corrected chi connectivity index (χ1v) is 9.67. The van der Waals surface area contributed by atoms with Crippen LogP contribution in [0.3, 0.4) is 0 Å². The van der Waals surface area contributed by atoms with Crippen molar-refractivity contribution in [2.45, 2.75) is 39.7 Å². The summed E-state index contributed by atoms with van der Waals surface area (Å²) in [6.07, 6.45) is 2.65. The summed E-state index contributed by atoms with van der Waals surface area (Å²) in [6, 6.07) is 2.97. The van der Waals surface area contributed by atoms with Gasteiger partial charge in [-0.15, -0.1) is 0 Å². The molecule has 1 aliphatic heterocycles. The van der Waals surface area contributed by atoms with E-state index < -0.39 is 5.82 Å². The summed E-state index contributed by atoms with van der Waals surface area (Å²) in [7, 11) is 0. The highest BCUT2D eigenvalue weighted by atomic mass is 79.9. The van der Waals surface area contributed by atoms with E-state index in [0.29, 0.717) is 28.6 Å². The number of unbranched alkanes of at least 4 members (excludes halogenated alkanes) is 1. The highest BCUT2D eigenvalue weighted by Gasteiger charge is 2.13. The summed E-state index contributed by atoms with van der Waals surface area (Å²) in [4.78, 5) is 16.7. The van der Waals surface area contributed by atoms with Crippen molar-refractivity contribution < 1.29 is 4.39 Å². The molecule has 1 aliphatic rings. The SMILES string of the molecule is C1CNCCN1.CCCCc1nc2c(F)cc(Br)cc2c(=O)n1CC. The zero-order valence-electron chi connectivity index (χ0n) is 14.9. The molecule has 2 aromatic rings. The number of rotatable bonds is 4. The van der Waals surface area contributed by atoms with Gasteiger partial charge in [0.2, 0.25) is 0 Å². The van der Waals surface area contributed by atoms with E-state index in [9.17, 15) is 9.18 Å². The normalized spacial score (nSPS) is 14.2. The number of hydrogen-bond donors (Lipinski definition) is 2. The van der Waals surface area contributed by atoms with Crippen molar-refractivity contribution in [2.75, 3.05) is 26.2 Å². The molecule has 0 unspecified atom stereocenters. The molecule has 5 nitrogen and oxygen atoms in total. The highest BCUT2D eigenvalue weighted by Crippen LogP contribution is 2.20. The molecular weight excluding hydrogens is 387 g/mol. The average molecular weight is 413 g/mol. The molecule has 1 saturated heterocycles.